The Morgan fingerprint density at radius 2 is 1.83 bits per heavy atom. The lowest BCUT2D eigenvalue weighted by Crippen LogP contribution is -2.25. The van der Waals surface area contributed by atoms with Crippen LogP contribution in [0.4, 0.5) is 10.1 Å². The monoisotopic (exact) mass is 405 g/mol. The molecule has 0 fully saturated rings. The summed E-state index contributed by atoms with van der Waals surface area (Å²) in [7, 11) is 1.62. The molecule has 2 heterocycles. The van der Waals surface area contributed by atoms with Crippen LogP contribution in [-0.4, -0.2) is 28.7 Å². The molecule has 0 aliphatic heterocycles. The van der Waals surface area contributed by atoms with Gasteiger partial charge in [-0.15, -0.1) is 0 Å². The molecule has 0 radical (unpaired) electrons. The van der Waals surface area contributed by atoms with E-state index in [-0.39, 0.29) is 11.7 Å². The molecular weight excluding hydrogens is 381 g/mol. The van der Waals surface area contributed by atoms with Crippen molar-refractivity contribution in [2.75, 3.05) is 11.9 Å². The summed E-state index contributed by atoms with van der Waals surface area (Å²) in [6.07, 6.45) is 4.56. The molecule has 2 aromatic heterocycles. The summed E-state index contributed by atoms with van der Waals surface area (Å²) >= 11 is 0. The van der Waals surface area contributed by atoms with E-state index in [0.717, 1.165) is 11.3 Å². The lowest BCUT2D eigenvalue weighted by Gasteiger charge is -2.17. The molecule has 1 amide bonds. The number of aromatic nitrogens is 2. The highest BCUT2D eigenvalue weighted by atomic mass is 19.1. The number of halogens is 1. The first-order valence-electron chi connectivity index (χ1n) is 9.86. The van der Waals surface area contributed by atoms with E-state index in [1.807, 2.05) is 19.1 Å². The van der Waals surface area contributed by atoms with Crippen molar-refractivity contribution in [2.24, 2.45) is 0 Å². The van der Waals surface area contributed by atoms with Crippen LogP contribution in [-0.2, 0) is 11.2 Å². The Morgan fingerprint density at radius 1 is 1.03 bits per heavy atom. The second-order valence-corrected chi connectivity index (χ2v) is 7.13. The molecule has 6 heteroatoms. The van der Waals surface area contributed by atoms with Crippen LogP contribution in [0.2, 0.25) is 0 Å². The minimum atomic E-state index is -0.471. The minimum absolute atomic E-state index is 0.0230. The second-order valence-electron chi connectivity index (χ2n) is 7.13. The fourth-order valence-electron chi connectivity index (χ4n) is 3.07. The minimum Gasteiger partial charge on any atom is -0.315 e. The Kier molecular flexibility index (Phi) is 6.67. The van der Waals surface area contributed by atoms with Gasteiger partial charge in [-0.3, -0.25) is 19.6 Å². The first kappa shape index (κ1) is 21.3. The van der Waals surface area contributed by atoms with Gasteiger partial charge in [0, 0.05) is 54.8 Å². The van der Waals surface area contributed by atoms with Gasteiger partial charge in [-0.1, -0.05) is 13.0 Å². The Hall–Kier alpha value is -3.41. The van der Waals surface area contributed by atoms with Crippen LogP contribution in [0.3, 0.4) is 0 Å². The van der Waals surface area contributed by atoms with E-state index in [2.05, 4.69) is 9.97 Å². The number of benzene rings is 1. The average molecular weight is 405 g/mol. The van der Waals surface area contributed by atoms with Gasteiger partial charge >= 0.3 is 0 Å². The van der Waals surface area contributed by atoms with Crippen molar-refractivity contribution < 1.29 is 14.0 Å². The van der Waals surface area contributed by atoms with E-state index in [0.29, 0.717) is 41.8 Å². The summed E-state index contributed by atoms with van der Waals surface area (Å²) in [5.41, 5.74) is 3.68. The molecule has 0 spiro atoms. The van der Waals surface area contributed by atoms with Gasteiger partial charge in [-0.25, -0.2) is 4.39 Å². The molecular formula is C24H24FN3O2. The summed E-state index contributed by atoms with van der Waals surface area (Å²) in [6.45, 7) is 3.68. The van der Waals surface area contributed by atoms with Gasteiger partial charge in [0.05, 0.1) is 5.69 Å². The van der Waals surface area contributed by atoms with Crippen LogP contribution in [0.15, 0.2) is 54.9 Å². The van der Waals surface area contributed by atoms with Crippen molar-refractivity contribution in [1.29, 1.82) is 0 Å². The maximum Gasteiger partial charge on any atom is 0.226 e. The quantitative estimate of drug-likeness (QED) is 0.531. The first-order valence-corrected chi connectivity index (χ1v) is 9.86. The summed E-state index contributed by atoms with van der Waals surface area (Å²) in [5.74, 6) is -0.587. The lowest BCUT2D eigenvalue weighted by molar-refractivity contribution is -0.118. The molecule has 30 heavy (non-hydrogen) atoms. The van der Waals surface area contributed by atoms with Crippen LogP contribution in [0.25, 0.3) is 11.3 Å². The van der Waals surface area contributed by atoms with E-state index in [1.54, 1.807) is 44.4 Å². The van der Waals surface area contributed by atoms with Gasteiger partial charge in [0.1, 0.15) is 5.82 Å². The van der Waals surface area contributed by atoms with Gasteiger partial charge in [-0.05, 0) is 55.3 Å². The Labute approximate surface area is 175 Å². The van der Waals surface area contributed by atoms with Gasteiger partial charge in [0.25, 0.3) is 0 Å². The third-order valence-electron chi connectivity index (χ3n) is 4.99. The van der Waals surface area contributed by atoms with Crippen LogP contribution in [0, 0.1) is 12.7 Å². The summed E-state index contributed by atoms with van der Waals surface area (Å²) in [5, 5.41) is 0. The third kappa shape index (κ3) is 4.95. The van der Waals surface area contributed by atoms with Crippen molar-refractivity contribution >= 4 is 17.4 Å². The van der Waals surface area contributed by atoms with Gasteiger partial charge in [0.15, 0.2) is 5.78 Å². The normalized spacial score (nSPS) is 10.7. The zero-order chi connectivity index (χ0) is 21.7. The van der Waals surface area contributed by atoms with Crippen molar-refractivity contribution in [3.05, 3.63) is 77.5 Å². The molecule has 0 unspecified atom stereocenters. The van der Waals surface area contributed by atoms with E-state index < -0.39 is 5.82 Å². The molecule has 0 N–H and O–H groups in total. The fraction of sp³-hybridized carbons (Fsp3) is 0.250. The van der Waals surface area contributed by atoms with E-state index in [9.17, 15) is 14.0 Å². The summed E-state index contributed by atoms with van der Waals surface area (Å²) in [4.78, 5) is 34.2. The highest BCUT2D eigenvalue weighted by Crippen LogP contribution is 2.26. The Bertz CT molecular complexity index is 1050. The number of nitrogens with zero attached hydrogens (tertiary/aromatic N) is 3. The average Bonchev–Trinajstić information content (AvgIpc) is 2.77. The Balaban J connectivity index is 1.69. The number of aryl methyl sites for hydroxylation is 2. The first-order chi connectivity index (χ1) is 14.4. The van der Waals surface area contributed by atoms with Gasteiger partial charge in [0.2, 0.25) is 5.91 Å². The maximum atomic E-state index is 14.6. The zero-order valence-electron chi connectivity index (χ0n) is 17.4. The number of hydrogen-bond donors (Lipinski definition) is 0. The molecule has 3 rings (SSSR count). The van der Waals surface area contributed by atoms with Crippen molar-refractivity contribution in [3.63, 3.8) is 0 Å². The summed E-state index contributed by atoms with van der Waals surface area (Å²) < 4.78 is 14.6. The molecule has 0 saturated carbocycles. The predicted molar refractivity (Wildman–Crippen MR) is 115 cm³/mol. The number of carbonyl (C=O) groups excluding carboxylic acids is 2. The molecule has 0 aliphatic rings. The molecule has 0 aliphatic carbocycles. The van der Waals surface area contributed by atoms with Crippen LogP contribution in [0.1, 0.15) is 41.4 Å². The molecule has 5 nitrogen and oxygen atoms in total. The van der Waals surface area contributed by atoms with E-state index in [4.69, 9.17) is 0 Å². The molecule has 154 valence electrons. The predicted octanol–water partition coefficient (Wildman–Crippen LogP) is 4.78. The topological polar surface area (TPSA) is 63.2 Å². The second kappa shape index (κ2) is 9.39. The molecule has 1 aromatic carbocycles. The largest absolute Gasteiger partial charge is 0.315 e. The van der Waals surface area contributed by atoms with Crippen LogP contribution in [0.5, 0.6) is 0 Å². The third-order valence-corrected chi connectivity index (χ3v) is 4.99. The molecule has 0 bridgehead atoms. The SMILES string of the molecule is CCC(=O)N(C)c1ccc(-c2ccc(C(=O)CCc3ccc(C)nc3)cn2)c(F)c1. The molecule has 0 atom stereocenters. The fourth-order valence-corrected chi connectivity index (χ4v) is 3.07. The summed E-state index contributed by atoms with van der Waals surface area (Å²) in [6, 6.07) is 11.8. The smallest absolute Gasteiger partial charge is 0.226 e. The van der Waals surface area contributed by atoms with Crippen molar-refractivity contribution in [1.82, 2.24) is 9.97 Å². The number of amides is 1. The highest BCUT2D eigenvalue weighted by molar-refractivity contribution is 5.96. The van der Waals surface area contributed by atoms with Gasteiger partial charge in [-0.2, -0.15) is 0 Å². The van der Waals surface area contributed by atoms with Crippen molar-refractivity contribution in [2.45, 2.75) is 33.1 Å². The number of ketones is 1. The number of carbonyl (C=O) groups is 2. The number of anilines is 1. The van der Waals surface area contributed by atoms with Crippen LogP contribution >= 0.6 is 0 Å². The molecule has 0 saturated heterocycles. The molecule has 3 aromatic rings. The number of rotatable bonds is 7. The van der Waals surface area contributed by atoms with Gasteiger partial charge < -0.3 is 4.90 Å². The van der Waals surface area contributed by atoms with E-state index in [1.165, 1.54) is 17.2 Å². The number of Topliss-reactive ketones (excluding diaryl/α,β-unsaturated/α-hetero) is 1. The number of hydrogen-bond acceptors (Lipinski definition) is 4. The highest BCUT2D eigenvalue weighted by Gasteiger charge is 2.14. The standard InChI is InChI=1S/C24H24FN3O2/c1-4-24(30)28(3)19-9-10-20(21(25)13-19)22-11-8-18(15-27-22)23(29)12-7-17-6-5-16(2)26-14-17/h5-6,8-11,13-15H,4,7,12H2,1-3H3. The van der Waals surface area contributed by atoms with Crippen molar-refractivity contribution in [3.8, 4) is 11.3 Å². The zero-order valence-corrected chi connectivity index (χ0v) is 17.4. The number of pyridine rings is 2. The van der Waals surface area contributed by atoms with E-state index >= 15 is 0 Å². The maximum absolute atomic E-state index is 14.6. The van der Waals surface area contributed by atoms with Crippen LogP contribution < -0.4 is 4.90 Å². The Morgan fingerprint density at radius 3 is 2.43 bits per heavy atom. The lowest BCUT2D eigenvalue weighted by atomic mass is 10.0.